The molecule has 0 aromatic carbocycles. The van der Waals surface area contributed by atoms with E-state index in [1.165, 1.54) is 0 Å². The van der Waals surface area contributed by atoms with Gasteiger partial charge in [-0.3, -0.25) is 4.39 Å². The molecular formula is C8H13FS. The molecule has 0 fully saturated rings. The number of alkyl halides is 1. The Labute approximate surface area is 66.6 Å². The quantitative estimate of drug-likeness (QED) is 0.425. The topological polar surface area (TPSA) is 0 Å². The summed E-state index contributed by atoms with van der Waals surface area (Å²) >= 11 is 1.78. The van der Waals surface area contributed by atoms with Gasteiger partial charge in [0, 0.05) is 6.42 Å². The number of rotatable bonds is 6. The summed E-state index contributed by atoms with van der Waals surface area (Å²) in [5, 5.41) is 0. The SMILES string of the molecule is C#CCCCSCCCF. The van der Waals surface area contributed by atoms with Crippen molar-refractivity contribution in [3.8, 4) is 12.3 Å². The fourth-order valence-electron chi connectivity index (χ4n) is 0.535. The van der Waals surface area contributed by atoms with E-state index >= 15 is 0 Å². The van der Waals surface area contributed by atoms with Gasteiger partial charge in [0.1, 0.15) is 0 Å². The van der Waals surface area contributed by atoms with Crippen LogP contribution in [0, 0.1) is 12.3 Å². The first-order valence-corrected chi connectivity index (χ1v) is 4.64. The van der Waals surface area contributed by atoms with Gasteiger partial charge in [0.15, 0.2) is 0 Å². The van der Waals surface area contributed by atoms with E-state index in [4.69, 9.17) is 6.42 Å². The fraction of sp³-hybridized carbons (Fsp3) is 0.750. The molecule has 0 atom stereocenters. The lowest BCUT2D eigenvalue weighted by molar-refractivity contribution is 0.489. The zero-order valence-electron chi connectivity index (χ0n) is 6.11. The smallest absolute Gasteiger partial charge is 0.0902 e. The molecule has 0 bridgehead atoms. The van der Waals surface area contributed by atoms with E-state index in [1.807, 2.05) is 0 Å². The molecule has 0 amide bonds. The molecule has 0 unspecified atom stereocenters. The molecule has 10 heavy (non-hydrogen) atoms. The Balaban J connectivity index is 2.72. The molecule has 0 saturated carbocycles. The highest BCUT2D eigenvalue weighted by atomic mass is 32.2. The Morgan fingerprint density at radius 3 is 2.60 bits per heavy atom. The minimum Gasteiger partial charge on any atom is -0.251 e. The van der Waals surface area contributed by atoms with Crippen molar-refractivity contribution in [1.82, 2.24) is 0 Å². The van der Waals surface area contributed by atoms with Crippen LogP contribution in [0.1, 0.15) is 19.3 Å². The van der Waals surface area contributed by atoms with E-state index < -0.39 is 0 Å². The molecule has 0 radical (unpaired) electrons. The maximum absolute atomic E-state index is 11.5. The van der Waals surface area contributed by atoms with Crippen molar-refractivity contribution in [2.45, 2.75) is 19.3 Å². The normalized spacial score (nSPS) is 9.20. The van der Waals surface area contributed by atoms with Crippen molar-refractivity contribution in [3.63, 3.8) is 0 Å². The summed E-state index contributed by atoms with van der Waals surface area (Å²) in [7, 11) is 0. The zero-order chi connectivity index (χ0) is 7.66. The first-order chi connectivity index (χ1) is 4.91. The van der Waals surface area contributed by atoms with E-state index in [2.05, 4.69) is 5.92 Å². The van der Waals surface area contributed by atoms with Crippen molar-refractivity contribution in [2.24, 2.45) is 0 Å². The van der Waals surface area contributed by atoms with Crippen molar-refractivity contribution in [1.29, 1.82) is 0 Å². The maximum atomic E-state index is 11.5. The molecule has 0 nitrogen and oxygen atoms in total. The Kier molecular flexibility index (Phi) is 8.70. The molecule has 0 aliphatic heterocycles. The monoisotopic (exact) mass is 160 g/mol. The largest absolute Gasteiger partial charge is 0.251 e. The van der Waals surface area contributed by atoms with Crippen molar-refractivity contribution in [2.75, 3.05) is 18.2 Å². The second kappa shape index (κ2) is 8.84. The summed E-state index contributed by atoms with van der Waals surface area (Å²) in [5.74, 6) is 4.58. The van der Waals surface area contributed by atoms with E-state index in [9.17, 15) is 4.39 Å². The van der Waals surface area contributed by atoms with Gasteiger partial charge >= 0.3 is 0 Å². The van der Waals surface area contributed by atoms with Gasteiger partial charge in [0.25, 0.3) is 0 Å². The molecule has 0 aliphatic rings. The van der Waals surface area contributed by atoms with Gasteiger partial charge in [-0.15, -0.1) is 12.3 Å². The lowest BCUT2D eigenvalue weighted by atomic mass is 10.4. The zero-order valence-corrected chi connectivity index (χ0v) is 6.92. The second-order valence-electron chi connectivity index (χ2n) is 1.96. The van der Waals surface area contributed by atoms with Gasteiger partial charge in [-0.2, -0.15) is 11.8 Å². The molecule has 0 aromatic rings. The number of terminal acetylenes is 1. The number of hydrogen-bond acceptors (Lipinski definition) is 1. The van der Waals surface area contributed by atoms with Crippen LogP contribution in [0.4, 0.5) is 4.39 Å². The average molecular weight is 160 g/mol. The number of thioether (sulfide) groups is 1. The predicted molar refractivity (Wildman–Crippen MR) is 46.0 cm³/mol. The van der Waals surface area contributed by atoms with E-state index in [0.29, 0.717) is 6.42 Å². The van der Waals surface area contributed by atoms with E-state index in [0.717, 1.165) is 24.3 Å². The van der Waals surface area contributed by atoms with E-state index in [-0.39, 0.29) is 6.67 Å². The third-order valence-corrected chi connectivity index (χ3v) is 2.19. The lowest BCUT2D eigenvalue weighted by Gasteiger charge is -1.95. The molecule has 2 heteroatoms. The molecule has 58 valence electrons. The molecule has 0 saturated heterocycles. The number of hydrogen-bond donors (Lipinski definition) is 0. The number of unbranched alkanes of at least 4 members (excludes halogenated alkanes) is 1. The second-order valence-corrected chi connectivity index (χ2v) is 3.19. The molecule has 0 rings (SSSR count). The minimum atomic E-state index is -0.192. The van der Waals surface area contributed by atoms with Gasteiger partial charge in [0.2, 0.25) is 0 Å². The van der Waals surface area contributed by atoms with Crippen LogP contribution in [0.5, 0.6) is 0 Å². The molecular weight excluding hydrogens is 147 g/mol. The van der Waals surface area contributed by atoms with Crippen LogP contribution in [-0.2, 0) is 0 Å². The Morgan fingerprint density at radius 2 is 2.00 bits per heavy atom. The van der Waals surface area contributed by atoms with Crippen LogP contribution in [0.2, 0.25) is 0 Å². The Morgan fingerprint density at radius 1 is 1.30 bits per heavy atom. The summed E-state index contributed by atoms with van der Waals surface area (Å²) in [6.45, 7) is -0.192. The van der Waals surface area contributed by atoms with Crippen molar-refractivity contribution >= 4 is 11.8 Å². The minimum absolute atomic E-state index is 0.192. The van der Waals surface area contributed by atoms with Gasteiger partial charge in [-0.25, -0.2) is 0 Å². The molecule has 0 heterocycles. The molecule has 0 aliphatic carbocycles. The third kappa shape index (κ3) is 7.84. The van der Waals surface area contributed by atoms with Crippen LogP contribution in [0.25, 0.3) is 0 Å². The predicted octanol–water partition coefficient (Wildman–Crippen LogP) is 2.49. The maximum Gasteiger partial charge on any atom is 0.0902 e. The first kappa shape index (κ1) is 9.84. The first-order valence-electron chi connectivity index (χ1n) is 3.49. The van der Waals surface area contributed by atoms with Crippen LogP contribution in [-0.4, -0.2) is 18.2 Å². The Bertz CT molecular complexity index is 95.9. The molecule has 0 aromatic heterocycles. The van der Waals surface area contributed by atoms with Crippen LogP contribution >= 0.6 is 11.8 Å². The van der Waals surface area contributed by atoms with Gasteiger partial charge in [-0.1, -0.05) is 0 Å². The summed E-state index contributed by atoms with van der Waals surface area (Å²) in [5.41, 5.74) is 0. The molecule has 0 spiro atoms. The standard InChI is InChI=1S/C8H13FS/c1-2-3-4-7-10-8-5-6-9/h1H,3-8H2. The lowest BCUT2D eigenvalue weighted by Crippen LogP contribution is -1.84. The highest BCUT2D eigenvalue weighted by molar-refractivity contribution is 7.99. The van der Waals surface area contributed by atoms with Crippen molar-refractivity contribution < 1.29 is 4.39 Å². The van der Waals surface area contributed by atoms with Crippen LogP contribution in [0.3, 0.4) is 0 Å². The summed E-state index contributed by atoms with van der Waals surface area (Å²) < 4.78 is 11.5. The van der Waals surface area contributed by atoms with Crippen molar-refractivity contribution in [3.05, 3.63) is 0 Å². The van der Waals surface area contributed by atoms with E-state index in [1.54, 1.807) is 11.8 Å². The highest BCUT2D eigenvalue weighted by Gasteiger charge is 1.87. The number of halogens is 1. The third-order valence-electron chi connectivity index (χ3n) is 1.03. The highest BCUT2D eigenvalue weighted by Crippen LogP contribution is 2.05. The summed E-state index contributed by atoms with van der Waals surface area (Å²) in [6, 6.07) is 0. The average Bonchev–Trinajstić information content (AvgIpc) is 1.97. The fourth-order valence-corrected chi connectivity index (χ4v) is 1.40. The van der Waals surface area contributed by atoms with Gasteiger partial charge in [0.05, 0.1) is 6.67 Å². The summed E-state index contributed by atoms with van der Waals surface area (Å²) in [4.78, 5) is 0. The van der Waals surface area contributed by atoms with Crippen LogP contribution < -0.4 is 0 Å². The van der Waals surface area contributed by atoms with Gasteiger partial charge < -0.3 is 0 Å². The van der Waals surface area contributed by atoms with Gasteiger partial charge in [-0.05, 0) is 24.3 Å². The summed E-state index contributed by atoms with van der Waals surface area (Å²) in [6.07, 6.45) is 7.64. The Hall–Kier alpha value is -0.160. The molecule has 0 N–H and O–H groups in total. The van der Waals surface area contributed by atoms with Crippen LogP contribution in [0.15, 0.2) is 0 Å².